The third-order valence-corrected chi connectivity index (χ3v) is 4.77. The first kappa shape index (κ1) is 17.8. The van der Waals surface area contributed by atoms with E-state index in [9.17, 15) is 14.9 Å². The summed E-state index contributed by atoms with van der Waals surface area (Å²) in [4.78, 5) is 23.6. The van der Waals surface area contributed by atoms with Crippen molar-refractivity contribution < 1.29 is 14.3 Å². The summed E-state index contributed by atoms with van der Waals surface area (Å²) in [7, 11) is 1.32. The number of carbonyl (C=O) groups is 2. The monoisotopic (exact) mass is 342 g/mol. The van der Waals surface area contributed by atoms with Crippen molar-refractivity contribution in [1.82, 2.24) is 5.32 Å². The maximum absolute atomic E-state index is 12.3. The summed E-state index contributed by atoms with van der Waals surface area (Å²) in [6.45, 7) is 3.27. The molecule has 124 valence electrons. The van der Waals surface area contributed by atoms with E-state index in [0.29, 0.717) is 21.9 Å². The van der Waals surface area contributed by atoms with Crippen LogP contribution in [0.15, 0.2) is 52.2 Å². The average Bonchev–Trinajstić information content (AvgIpc) is 2.59. The molecule has 0 bridgehead atoms. The summed E-state index contributed by atoms with van der Waals surface area (Å²) < 4.78 is 4.91. The number of allylic oxidation sites excluding steroid dienone is 2. The molecule has 0 amide bonds. The third kappa shape index (κ3) is 3.69. The molecule has 0 aromatic heterocycles. The first-order valence-electron chi connectivity index (χ1n) is 7.37. The van der Waals surface area contributed by atoms with Crippen LogP contribution >= 0.6 is 11.8 Å². The first-order chi connectivity index (χ1) is 11.5. The maximum atomic E-state index is 12.3. The van der Waals surface area contributed by atoms with Crippen molar-refractivity contribution in [3.8, 4) is 6.07 Å². The molecule has 1 unspecified atom stereocenters. The van der Waals surface area contributed by atoms with Crippen molar-refractivity contribution in [3.63, 3.8) is 0 Å². The lowest BCUT2D eigenvalue weighted by atomic mass is 9.82. The van der Waals surface area contributed by atoms with E-state index in [0.717, 1.165) is 5.56 Å². The molecule has 0 saturated carbocycles. The Labute approximate surface area is 145 Å². The van der Waals surface area contributed by atoms with Crippen LogP contribution in [0, 0.1) is 11.3 Å². The number of ether oxygens (including phenoxy) is 1. The second kappa shape index (κ2) is 7.84. The van der Waals surface area contributed by atoms with Gasteiger partial charge in [-0.1, -0.05) is 42.1 Å². The number of Topliss-reactive ketones (excluding diaryl/α,β-unsaturated/α-hetero) is 1. The van der Waals surface area contributed by atoms with Gasteiger partial charge in [-0.05, 0) is 19.4 Å². The fraction of sp³-hybridized carbons (Fsp3) is 0.278. The smallest absolute Gasteiger partial charge is 0.336 e. The van der Waals surface area contributed by atoms with Crippen molar-refractivity contribution in [2.75, 3.05) is 12.9 Å². The second-order valence-electron chi connectivity index (χ2n) is 5.34. The van der Waals surface area contributed by atoms with E-state index in [1.54, 1.807) is 6.92 Å². The highest BCUT2D eigenvalue weighted by Crippen LogP contribution is 2.40. The van der Waals surface area contributed by atoms with Crippen LogP contribution in [0.3, 0.4) is 0 Å². The Morgan fingerprint density at radius 3 is 2.54 bits per heavy atom. The number of hydrogen-bond donors (Lipinski definition) is 1. The van der Waals surface area contributed by atoms with Crippen LogP contribution in [0.25, 0.3) is 0 Å². The van der Waals surface area contributed by atoms with Gasteiger partial charge in [0.2, 0.25) is 0 Å². The Morgan fingerprint density at radius 1 is 1.33 bits per heavy atom. The molecule has 1 aromatic carbocycles. The van der Waals surface area contributed by atoms with Crippen molar-refractivity contribution in [3.05, 3.63) is 57.8 Å². The number of carbonyl (C=O) groups excluding carboxylic acids is 2. The van der Waals surface area contributed by atoms with Crippen LogP contribution in [0.5, 0.6) is 0 Å². The van der Waals surface area contributed by atoms with Gasteiger partial charge in [-0.3, -0.25) is 4.79 Å². The Morgan fingerprint density at radius 2 is 2.00 bits per heavy atom. The van der Waals surface area contributed by atoms with Crippen molar-refractivity contribution in [2.45, 2.75) is 19.8 Å². The summed E-state index contributed by atoms with van der Waals surface area (Å²) in [5, 5.41) is 13.4. The van der Waals surface area contributed by atoms with Crippen molar-refractivity contribution >= 4 is 23.5 Å². The molecule has 0 fully saturated rings. The SMILES string of the molecule is COC(=O)C1=C(C)NC(SCC(C)=O)=C(C#N)C1c1ccccc1. The number of esters is 1. The van der Waals surface area contributed by atoms with Gasteiger partial charge in [0.05, 0.1) is 41.0 Å². The van der Waals surface area contributed by atoms with E-state index in [2.05, 4.69) is 11.4 Å². The molecule has 0 aliphatic carbocycles. The largest absolute Gasteiger partial charge is 0.466 e. The van der Waals surface area contributed by atoms with E-state index in [-0.39, 0.29) is 11.5 Å². The highest BCUT2D eigenvalue weighted by Gasteiger charge is 2.35. The van der Waals surface area contributed by atoms with Gasteiger partial charge in [-0.15, -0.1) is 0 Å². The van der Waals surface area contributed by atoms with Gasteiger partial charge in [0, 0.05) is 5.70 Å². The zero-order valence-electron chi connectivity index (χ0n) is 13.8. The third-order valence-electron chi connectivity index (χ3n) is 3.61. The van der Waals surface area contributed by atoms with Crippen molar-refractivity contribution in [1.29, 1.82) is 5.26 Å². The molecule has 0 saturated heterocycles. The van der Waals surface area contributed by atoms with E-state index < -0.39 is 11.9 Å². The summed E-state index contributed by atoms with van der Waals surface area (Å²) in [5.74, 6) is -0.713. The lowest BCUT2D eigenvalue weighted by Crippen LogP contribution is -2.28. The molecule has 1 aliphatic rings. The zero-order valence-corrected chi connectivity index (χ0v) is 14.6. The normalized spacial score (nSPS) is 17.2. The fourth-order valence-electron chi connectivity index (χ4n) is 2.56. The number of methoxy groups -OCH3 is 1. The van der Waals surface area contributed by atoms with Crippen LogP contribution in [-0.4, -0.2) is 24.6 Å². The van der Waals surface area contributed by atoms with E-state index in [1.165, 1.54) is 25.8 Å². The number of nitriles is 1. The van der Waals surface area contributed by atoms with Crippen molar-refractivity contribution in [2.24, 2.45) is 0 Å². The zero-order chi connectivity index (χ0) is 17.7. The number of dihydropyridines is 1. The van der Waals surface area contributed by atoms with Gasteiger partial charge in [0.1, 0.15) is 5.78 Å². The number of benzene rings is 1. The molecule has 1 aliphatic heterocycles. The van der Waals surface area contributed by atoms with Crippen LogP contribution < -0.4 is 5.32 Å². The van der Waals surface area contributed by atoms with Crippen LogP contribution in [-0.2, 0) is 14.3 Å². The van der Waals surface area contributed by atoms with E-state index >= 15 is 0 Å². The molecule has 6 heteroatoms. The molecular formula is C18H18N2O3S. The van der Waals surface area contributed by atoms with Gasteiger partial charge >= 0.3 is 5.97 Å². The molecule has 0 radical (unpaired) electrons. The molecule has 1 heterocycles. The van der Waals surface area contributed by atoms with Crippen LogP contribution in [0.2, 0.25) is 0 Å². The quantitative estimate of drug-likeness (QED) is 0.829. The summed E-state index contributed by atoms with van der Waals surface area (Å²) >= 11 is 1.27. The maximum Gasteiger partial charge on any atom is 0.336 e. The molecule has 24 heavy (non-hydrogen) atoms. The van der Waals surface area contributed by atoms with E-state index in [1.807, 2.05) is 30.3 Å². The standard InChI is InChI=1S/C18H18N2O3S/c1-11(21)10-24-17-14(9-19)16(13-7-5-4-6-8-13)15(12(2)20-17)18(22)23-3/h4-8,16,20H,10H2,1-3H3. The molecule has 5 nitrogen and oxygen atoms in total. The first-order valence-corrected chi connectivity index (χ1v) is 8.35. The van der Waals surface area contributed by atoms with Gasteiger partial charge in [0.25, 0.3) is 0 Å². The summed E-state index contributed by atoms with van der Waals surface area (Å²) in [6.07, 6.45) is 0. The summed E-state index contributed by atoms with van der Waals surface area (Å²) in [6, 6.07) is 11.5. The number of nitrogens with zero attached hydrogens (tertiary/aromatic N) is 1. The summed E-state index contributed by atoms with van der Waals surface area (Å²) in [5.41, 5.74) is 2.28. The molecule has 1 atom stereocenters. The molecular weight excluding hydrogens is 324 g/mol. The van der Waals surface area contributed by atoms with Gasteiger partial charge in [-0.25, -0.2) is 4.79 Å². The molecule has 1 N–H and O–H groups in total. The molecule has 0 spiro atoms. The highest BCUT2D eigenvalue weighted by molar-refractivity contribution is 8.03. The number of thioether (sulfide) groups is 1. The Hall–Kier alpha value is -2.52. The lowest BCUT2D eigenvalue weighted by Gasteiger charge is -2.29. The van der Waals surface area contributed by atoms with Crippen LogP contribution in [0.4, 0.5) is 0 Å². The van der Waals surface area contributed by atoms with Gasteiger partial charge in [-0.2, -0.15) is 5.26 Å². The van der Waals surface area contributed by atoms with Crippen LogP contribution in [0.1, 0.15) is 25.3 Å². The topological polar surface area (TPSA) is 79.2 Å². The Bertz CT molecular complexity index is 760. The van der Waals surface area contributed by atoms with Gasteiger partial charge in [0.15, 0.2) is 0 Å². The minimum atomic E-state index is -0.514. The Balaban J connectivity index is 2.57. The predicted octanol–water partition coefficient (Wildman–Crippen LogP) is 2.88. The fourth-order valence-corrected chi connectivity index (χ4v) is 3.45. The van der Waals surface area contributed by atoms with E-state index in [4.69, 9.17) is 4.74 Å². The molecule has 1 aromatic rings. The number of rotatable bonds is 5. The van der Waals surface area contributed by atoms with Gasteiger partial charge < -0.3 is 10.1 Å². The Kier molecular flexibility index (Phi) is 5.83. The average molecular weight is 342 g/mol. The number of nitrogens with one attached hydrogen (secondary N) is 1. The predicted molar refractivity (Wildman–Crippen MR) is 92.8 cm³/mol. The minimum absolute atomic E-state index is 0.0169. The number of hydrogen-bond acceptors (Lipinski definition) is 6. The second-order valence-corrected chi connectivity index (χ2v) is 6.33. The lowest BCUT2D eigenvalue weighted by molar-refractivity contribution is -0.136. The number of ketones is 1. The highest BCUT2D eigenvalue weighted by atomic mass is 32.2. The molecule has 2 rings (SSSR count). The minimum Gasteiger partial charge on any atom is -0.466 e.